The summed E-state index contributed by atoms with van der Waals surface area (Å²) >= 11 is 3.63. The van der Waals surface area contributed by atoms with E-state index in [-0.39, 0.29) is 0 Å². The summed E-state index contributed by atoms with van der Waals surface area (Å²) in [5.74, 6) is 0.682. The first-order valence-corrected chi connectivity index (χ1v) is 20.2. The van der Waals surface area contributed by atoms with Crippen LogP contribution in [-0.2, 0) is 0 Å². The maximum absolute atomic E-state index is 5.62. The standard InChI is InChI=1S/C50H27N3S2/c1-2-12-29-27-41-39(25-28(29)11-1)46-40(23-22-36-33-15-4-3-13-31(33)32-14-5-6-17-35(32)45(36)46)53(41)50-51-47(49-48(52-50)37-18-8-10-20-43(37)55-49)30-21-24-44-38(26-30)34-16-7-9-19-42(34)54-44/h1-27H. The second-order valence-corrected chi connectivity index (χ2v) is 16.6. The predicted octanol–water partition coefficient (Wildman–Crippen LogP) is 14.6. The molecular weight excluding hydrogens is 707 g/mol. The van der Waals surface area contributed by atoms with Gasteiger partial charge in [0.2, 0.25) is 5.95 Å². The fraction of sp³-hybridized carbons (Fsp3) is 0. The van der Waals surface area contributed by atoms with Gasteiger partial charge in [0.05, 0.1) is 26.9 Å². The highest BCUT2D eigenvalue weighted by molar-refractivity contribution is 7.26. The zero-order valence-corrected chi connectivity index (χ0v) is 30.9. The number of hydrogen-bond acceptors (Lipinski definition) is 4. The van der Waals surface area contributed by atoms with E-state index < -0.39 is 0 Å². The second-order valence-electron chi connectivity index (χ2n) is 14.5. The van der Waals surface area contributed by atoms with E-state index in [0.717, 1.165) is 37.9 Å². The third-order valence-electron chi connectivity index (χ3n) is 11.6. The zero-order chi connectivity index (χ0) is 35.8. The van der Waals surface area contributed by atoms with Crippen LogP contribution in [0.3, 0.4) is 0 Å². The van der Waals surface area contributed by atoms with E-state index >= 15 is 0 Å². The minimum Gasteiger partial charge on any atom is -0.278 e. The van der Waals surface area contributed by atoms with Gasteiger partial charge < -0.3 is 0 Å². The van der Waals surface area contributed by atoms with Gasteiger partial charge >= 0.3 is 0 Å². The highest BCUT2D eigenvalue weighted by Gasteiger charge is 2.23. The first-order chi connectivity index (χ1) is 27.3. The van der Waals surface area contributed by atoms with Crippen LogP contribution in [0.15, 0.2) is 164 Å². The normalized spacial score (nSPS) is 12.4. The monoisotopic (exact) mass is 733 g/mol. The van der Waals surface area contributed by atoms with Crippen LogP contribution in [0.25, 0.3) is 123 Å². The van der Waals surface area contributed by atoms with E-state index in [9.17, 15) is 0 Å². The van der Waals surface area contributed by atoms with Gasteiger partial charge in [-0.3, -0.25) is 4.57 Å². The molecule has 0 unspecified atom stereocenters. The summed E-state index contributed by atoms with van der Waals surface area (Å²) in [5, 5.41) is 16.1. The number of thiophene rings is 2. The molecule has 0 bridgehead atoms. The molecule has 0 amide bonds. The van der Waals surface area contributed by atoms with Gasteiger partial charge in [-0.2, -0.15) is 0 Å². The Morgan fingerprint density at radius 3 is 1.76 bits per heavy atom. The van der Waals surface area contributed by atoms with Crippen LogP contribution in [-0.4, -0.2) is 14.5 Å². The third-order valence-corrected chi connectivity index (χ3v) is 13.9. The fourth-order valence-corrected chi connectivity index (χ4v) is 11.4. The molecule has 0 aliphatic carbocycles. The van der Waals surface area contributed by atoms with Crippen LogP contribution in [0.4, 0.5) is 0 Å². The molecule has 13 aromatic rings. The highest BCUT2D eigenvalue weighted by Crippen LogP contribution is 2.46. The SMILES string of the molecule is c1ccc2cc3c(cc2c1)c1c2c4ccccc4c4ccccc4c2ccc1n3-c1nc(-c2ccc3sc4ccccc4c3c2)c2sc3ccccc3c2n1. The van der Waals surface area contributed by atoms with Crippen molar-refractivity contribution in [2.75, 3.05) is 0 Å². The summed E-state index contributed by atoms with van der Waals surface area (Å²) < 4.78 is 7.24. The Morgan fingerprint density at radius 1 is 0.382 bits per heavy atom. The molecule has 0 aliphatic rings. The van der Waals surface area contributed by atoms with E-state index in [4.69, 9.17) is 9.97 Å². The van der Waals surface area contributed by atoms with Crippen LogP contribution < -0.4 is 0 Å². The predicted molar refractivity (Wildman–Crippen MR) is 238 cm³/mol. The maximum atomic E-state index is 5.62. The Bertz CT molecular complexity index is 3760. The van der Waals surface area contributed by atoms with Gasteiger partial charge in [-0.25, -0.2) is 9.97 Å². The second kappa shape index (κ2) is 11.0. The largest absolute Gasteiger partial charge is 0.278 e. The molecule has 0 spiro atoms. The summed E-state index contributed by atoms with van der Waals surface area (Å²) in [6.07, 6.45) is 0. The van der Waals surface area contributed by atoms with Crippen molar-refractivity contribution in [3.8, 4) is 17.2 Å². The van der Waals surface area contributed by atoms with Crippen molar-refractivity contribution in [2.24, 2.45) is 0 Å². The molecule has 0 aliphatic heterocycles. The first-order valence-electron chi connectivity index (χ1n) is 18.6. The Labute approximate surface area is 322 Å². The highest BCUT2D eigenvalue weighted by atomic mass is 32.1. The molecule has 4 heterocycles. The Morgan fingerprint density at radius 2 is 0.982 bits per heavy atom. The van der Waals surface area contributed by atoms with E-state index in [2.05, 4.69) is 168 Å². The van der Waals surface area contributed by atoms with Gasteiger partial charge in [0.15, 0.2) is 0 Å². The minimum absolute atomic E-state index is 0.682. The van der Waals surface area contributed by atoms with Crippen molar-refractivity contribution in [2.45, 2.75) is 0 Å². The summed E-state index contributed by atoms with van der Waals surface area (Å²) in [6, 6.07) is 59.9. The van der Waals surface area contributed by atoms with Crippen molar-refractivity contribution < 1.29 is 0 Å². The van der Waals surface area contributed by atoms with Crippen molar-refractivity contribution in [1.29, 1.82) is 0 Å². The molecule has 55 heavy (non-hydrogen) atoms. The van der Waals surface area contributed by atoms with Crippen LogP contribution in [0.2, 0.25) is 0 Å². The van der Waals surface area contributed by atoms with Gasteiger partial charge in [-0.1, -0.05) is 121 Å². The van der Waals surface area contributed by atoms with Crippen molar-refractivity contribution in [3.63, 3.8) is 0 Å². The third kappa shape index (κ3) is 4.09. The molecule has 0 fully saturated rings. The summed E-state index contributed by atoms with van der Waals surface area (Å²) in [4.78, 5) is 11.1. The lowest BCUT2D eigenvalue weighted by Gasteiger charge is -2.13. The van der Waals surface area contributed by atoms with E-state index in [1.165, 1.54) is 78.7 Å². The van der Waals surface area contributed by atoms with Gasteiger partial charge in [0.1, 0.15) is 0 Å². The summed E-state index contributed by atoms with van der Waals surface area (Å²) in [5.41, 5.74) is 5.26. The average molecular weight is 734 g/mol. The smallest absolute Gasteiger partial charge is 0.235 e. The topological polar surface area (TPSA) is 30.7 Å². The van der Waals surface area contributed by atoms with Crippen LogP contribution in [0.1, 0.15) is 0 Å². The number of nitrogens with zero attached hydrogens (tertiary/aromatic N) is 3. The Balaban J connectivity index is 1.21. The Kier molecular flexibility index (Phi) is 5.93. The van der Waals surface area contributed by atoms with Crippen LogP contribution in [0.5, 0.6) is 0 Å². The maximum Gasteiger partial charge on any atom is 0.235 e. The fourth-order valence-electron chi connectivity index (χ4n) is 9.15. The van der Waals surface area contributed by atoms with E-state index in [1.54, 1.807) is 11.3 Å². The lowest BCUT2D eigenvalue weighted by Crippen LogP contribution is -2.02. The number of rotatable bonds is 2. The first kappa shape index (κ1) is 29.8. The zero-order valence-electron chi connectivity index (χ0n) is 29.2. The summed E-state index contributed by atoms with van der Waals surface area (Å²) in [6.45, 7) is 0. The molecule has 0 N–H and O–H groups in total. The molecule has 4 aromatic heterocycles. The number of hydrogen-bond donors (Lipinski definition) is 0. The number of benzene rings is 9. The average Bonchev–Trinajstić information content (AvgIpc) is 3.91. The van der Waals surface area contributed by atoms with Crippen molar-refractivity contribution in [3.05, 3.63) is 164 Å². The van der Waals surface area contributed by atoms with E-state index in [1.807, 2.05) is 11.3 Å². The lowest BCUT2D eigenvalue weighted by atomic mass is 9.91. The Hall–Kier alpha value is -6.66. The number of fused-ring (bicyclic) bond motifs is 17. The number of aromatic nitrogens is 3. The van der Waals surface area contributed by atoms with Gasteiger partial charge in [0.25, 0.3) is 0 Å². The van der Waals surface area contributed by atoms with E-state index in [0.29, 0.717) is 5.95 Å². The van der Waals surface area contributed by atoms with Gasteiger partial charge in [-0.15, -0.1) is 22.7 Å². The van der Waals surface area contributed by atoms with Crippen LogP contribution in [0, 0.1) is 0 Å². The lowest BCUT2D eigenvalue weighted by molar-refractivity contribution is 1.02. The molecule has 5 heteroatoms. The molecule has 3 nitrogen and oxygen atoms in total. The van der Waals surface area contributed by atoms with Gasteiger partial charge in [-0.05, 0) is 80.2 Å². The summed E-state index contributed by atoms with van der Waals surface area (Å²) in [7, 11) is 0. The molecule has 254 valence electrons. The van der Waals surface area contributed by atoms with Gasteiger partial charge in [0, 0.05) is 52.0 Å². The molecule has 9 aromatic carbocycles. The molecule has 0 saturated carbocycles. The molecule has 0 saturated heterocycles. The van der Waals surface area contributed by atoms with Crippen LogP contribution >= 0.6 is 22.7 Å². The molecular formula is C50H27N3S2. The molecule has 13 rings (SSSR count). The minimum atomic E-state index is 0.682. The van der Waals surface area contributed by atoms with Crippen molar-refractivity contribution in [1.82, 2.24) is 14.5 Å². The molecule has 0 atom stereocenters. The molecule has 0 radical (unpaired) electrons. The van der Waals surface area contributed by atoms with Crippen molar-refractivity contribution >= 4 is 128 Å². The quantitative estimate of drug-likeness (QED) is 0.166.